The molecular formula is C27H26N2O4. The molecule has 3 heterocycles. The number of benzene rings is 2. The molecule has 5 aromatic rings. The maximum atomic E-state index is 11.4. The lowest BCUT2D eigenvalue weighted by molar-refractivity contribution is -0.146. The highest BCUT2D eigenvalue weighted by Gasteiger charge is 2.27. The van der Waals surface area contributed by atoms with Crippen molar-refractivity contribution >= 4 is 27.8 Å². The number of esters is 1. The van der Waals surface area contributed by atoms with Gasteiger partial charge in [0.1, 0.15) is 24.7 Å². The van der Waals surface area contributed by atoms with Gasteiger partial charge in [0.15, 0.2) is 0 Å². The van der Waals surface area contributed by atoms with Crippen LogP contribution in [0.1, 0.15) is 28.6 Å². The fraction of sp³-hybridized carbons (Fsp3) is 0.222. The summed E-state index contributed by atoms with van der Waals surface area (Å²) in [5.41, 5.74) is 4.71. The van der Waals surface area contributed by atoms with E-state index in [2.05, 4.69) is 88.9 Å². The molecule has 0 amide bonds. The monoisotopic (exact) mass is 442 g/mol. The number of hydrogen-bond acceptors (Lipinski definition) is 4. The Kier molecular flexibility index (Phi) is 5.52. The molecule has 0 aliphatic heterocycles. The fourth-order valence-corrected chi connectivity index (χ4v) is 4.60. The van der Waals surface area contributed by atoms with Gasteiger partial charge in [0.05, 0.1) is 13.0 Å². The van der Waals surface area contributed by atoms with Gasteiger partial charge in [-0.05, 0) is 35.4 Å². The van der Waals surface area contributed by atoms with Crippen molar-refractivity contribution in [3.63, 3.8) is 0 Å². The van der Waals surface area contributed by atoms with Crippen molar-refractivity contribution in [1.82, 2.24) is 9.13 Å². The van der Waals surface area contributed by atoms with Crippen molar-refractivity contribution in [2.75, 3.05) is 13.7 Å². The van der Waals surface area contributed by atoms with Crippen LogP contribution in [0.5, 0.6) is 0 Å². The standard InChI is InChI=1S/C27H26N2O4/c1-28-14-21(19-8-4-6-10-23(19)28)27(22-15-29(2)24-11-7-5-9-20(22)24)25-13-12-18(33-25)16-32-17-26(30)31-3/h4-15,27H,16-17H2,1-3H3. The fourth-order valence-electron chi connectivity index (χ4n) is 4.60. The maximum absolute atomic E-state index is 11.4. The summed E-state index contributed by atoms with van der Waals surface area (Å²) in [6.07, 6.45) is 4.38. The van der Waals surface area contributed by atoms with E-state index in [4.69, 9.17) is 9.15 Å². The lowest BCUT2D eigenvalue weighted by Crippen LogP contribution is -2.09. The first kappa shape index (κ1) is 21.1. The van der Waals surface area contributed by atoms with Gasteiger partial charge in [0.25, 0.3) is 0 Å². The molecule has 0 fully saturated rings. The molecule has 0 atom stereocenters. The van der Waals surface area contributed by atoms with E-state index < -0.39 is 5.97 Å². The summed E-state index contributed by atoms with van der Waals surface area (Å²) in [7, 11) is 5.48. The van der Waals surface area contributed by atoms with Crippen LogP contribution in [0.3, 0.4) is 0 Å². The Balaban J connectivity index is 1.62. The predicted molar refractivity (Wildman–Crippen MR) is 127 cm³/mol. The average molecular weight is 443 g/mol. The maximum Gasteiger partial charge on any atom is 0.331 e. The van der Waals surface area contributed by atoms with E-state index >= 15 is 0 Å². The molecule has 168 valence electrons. The lowest BCUT2D eigenvalue weighted by atomic mass is 9.88. The topological polar surface area (TPSA) is 58.5 Å². The Morgan fingerprint density at radius 3 is 2.03 bits per heavy atom. The van der Waals surface area contributed by atoms with E-state index in [1.54, 1.807) is 0 Å². The van der Waals surface area contributed by atoms with Gasteiger partial charge in [-0.15, -0.1) is 0 Å². The number of carbonyl (C=O) groups is 1. The molecule has 0 radical (unpaired) electrons. The second-order valence-electron chi connectivity index (χ2n) is 8.23. The first-order valence-electron chi connectivity index (χ1n) is 10.9. The van der Waals surface area contributed by atoms with Gasteiger partial charge in [-0.3, -0.25) is 0 Å². The van der Waals surface area contributed by atoms with Crippen LogP contribution in [0, 0.1) is 0 Å². The Morgan fingerprint density at radius 1 is 0.879 bits per heavy atom. The molecule has 2 aromatic carbocycles. The molecule has 0 saturated carbocycles. The number of hydrogen-bond donors (Lipinski definition) is 0. The first-order chi connectivity index (χ1) is 16.1. The number of carbonyl (C=O) groups excluding carboxylic acids is 1. The first-order valence-corrected chi connectivity index (χ1v) is 10.9. The van der Waals surface area contributed by atoms with Crippen molar-refractivity contribution in [3.8, 4) is 0 Å². The molecule has 3 aromatic heterocycles. The summed E-state index contributed by atoms with van der Waals surface area (Å²) in [6, 6.07) is 20.8. The predicted octanol–water partition coefficient (Wildman–Crippen LogP) is 5.13. The van der Waals surface area contributed by atoms with Crippen molar-refractivity contribution in [2.45, 2.75) is 12.5 Å². The van der Waals surface area contributed by atoms with Crippen LogP contribution < -0.4 is 0 Å². The highest BCUT2D eigenvalue weighted by Crippen LogP contribution is 2.41. The summed E-state index contributed by atoms with van der Waals surface area (Å²) in [5.74, 6) is 0.987. The largest absolute Gasteiger partial charge is 0.467 e. The van der Waals surface area contributed by atoms with Crippen molar-refractivity contribution in [3.05, 3.63) is 95.7 Å². The quantitative estimate of drug-likeness (QED) is 0.328. The Labute approximate surface area is 191 Å². The number of aryl methyl sites for hydroxylation is 2. The molecule has 0 unspecified atom stereocenters. The van der Waals surface area contributed by atoms with Gasteiger partial charge in [-0.25, -0.2) is 4.79 Å². The van der Waals surface area contributed by atoms with Crippen molar-refractivity contribution in [2.24, 2.45) is 14.1 Å². The third kappa shape index (κ3) is 3.83. The molecule has 0 bridgehead atoms. The van der Waals surface area contributed by atoms with E-state index in [0.29, 0.717) is 5.76 Å². The average Bonchev–Trinajstić information content (AvgIpc) is 3.52. The summed E-state index contributed by atoms with van der Waals surface area (Å²) in [4.78, 5) is 11.4. The van der Waals surface area contributed by atoms with Gasteiger partial charge >= 0.3 is 5.97 Å². The van der Waals surface area contributed by atoms with Crippen LogP contribution in [-0.2, 0) is 35.0 Å². The van der Waals surface area contributed by atoms with E-state index in [1.165, 1.54) is 40.0 Å². The number of nitrogens with zero attached hydrogens (tertiary/aromatic N) is 2. The molecule has 0 N–H and O–H groups in total. The zero-order valence-electron chi connectivity index (χ0n) is 18.9. The molecule has 5 rings (SSSR count). The third-order valence-corrected chi connectivity index (χ3v) is 6.14. The van der Waals surface area contributed by atoms with Crippen molar-refractivity contribution < 1.29 is 18.7 Å². The second kappa shape index (κ2) is 8.64. The second-order valence-corrected chi connectivity index (χ2v) is 8.23. The van der Waals surface area contributed by atoms with Gasteiger partial charge in [0, 0.05) is 48.3 Å². The Hall–Kier alpha value is -3.77. The van der Waals surface area contributed by atoms with E-state index in [-0.39, 0.29) is 19.1 Å². The number of ether oxygens (including phenoxy) is 2. The molecule has 0 saturated heterocycles. The number of furan rings is 1. The molecule has 6 heteroatoms. The minimum absolute atomic E-state index is 0.100. The van der Waals surface area contributed by atoms with Crippen LogP contribution in [0.2, 0.25) is 0 Å². The van der Waals surface area contributed by atoms with Gasteiger partial charge in [0.2, 0.25) is 0 Å². The number of fused-ring (bicyclic) bond motifs is 2. The van der Waals surface area contributed by atoms with Crippen LogP contribution in [-0.4, -0.2) is 28.8 Å². The molecule has 0 aliphatic carbocycles. The molecule has 33 heavy (non-hydrogen) atoms. The summed E-state index contributed by atoms with van der Waals surface area (Å²) in [5, 5.41) is 2.38. The van der Waals surface area contributed by atoms with Gasteiger partial charge in [-0.1, -0.05) is 36.4 Å². The lowest BCUT2D eigenvalue weighted by Gasteiger charge is -2.14. The minimum atomic E-state index is -0.411. The van der Waals surface area contributed by atoms with Gasteiger partial charge in [-0.2, -0.15) is 0 Å². The van der Waals surface area contributed by atoms with Crippen LogP contribution in [0.4, 0.5) is 0 Å². The summed E-state index contributed by atoms with van der Waals surface area (Å²) >= 11 is 0. The number of methoxy groups -OCH3 is 1. The minimum Gasteiger partial charge on any atom is -0.467 e. The number of aromatic nitrogens is 2. The Morgan fingerprint density at radius 2 is 1.45 bits per heavy atom. The normalized spacial score (nSPS) is 11.6. The third-order valence-electron chi connectivity index (χ3n) is 6.14. The highest BCUT2D eigenvalue weighted by atomic mass is 16.6. The molecular weight excluding hydrogens is 416 g/mol. The van der Waals surface area contributed by atoms with Gasteiger partial charge < -0.3 is 23.0 Å². The van der Waals surface area contributed by atoms with E-state index in [0.717, 1.165) is 5.76 Å². The Bertz CT molecular complexity index is 1360. The number of para-hydroxylation sites is 2. The SMILES string of the molecule is COC(=O)COCc1ccc(C(c2cn(C)c3ccccc23)c2cn(C)c3ccccc23)o1. The van der Waals surface area contributed by atoms with E-state index in [1.807, 2.05) is 12.1 Å². The summed E-state index contributed by atoms with van der Waals surface area (Å²) < 4.78 is 20.7. The molecule has 0 aliphatic rings. The molecule has 6 nitrogen and oxygen atoms in total. The zero-order valence-corrected chi connectivity index (χ0v) is 18.9. The summed E-state index contributed by atoms with van der Waals surface area (Å²) in [6.45, 7) is 0.0928. The smallest absolute Gasteiger partial charge is 0.331 e. The van der Waals surface area contributed by atoms with E-state index in [9.17, 15) is 4.79 Å². The zero-order chi connectivity index (χ0) is 22.9. The number of rotatable bonds is 7. The highest BCUT2D eigenvalue weighted by molar-refractivity contribution is 5.89. The van der Waals surface area contributed by atoms with Crippen LogP contribution in [0.25, 0.3) is 21.8 Å². The van der Waals surface area contributed by atoms with Crippen LogP contribution in [0.15, 0.2) is 77.5 Å². The van der Waals surface area contributed by atoms with Crippen molar-refractivity contribution in [1.29, 1.82) is 0 Å². The van der Waals surface area contributed by atoms with Crippen LogP contribution >= 0.6 is 0 Å². The molecule has 0 spiro atoms.